The Bertz CT molecular complexity index is 747. The third kappa shape index (κ3) is 2.75. The fourth-order valence-corrected chi connectivity index (χ4v) is 4.46. The Labute approximate surface area is 148 Å². The van der Waals surface area contributed by atoms with Crippen molar-refractivity contribution < 1.29 is 9.59 Å². The number of nitrogens with zero attached hydrogens (tertiary/aromatic N) is 2. The highest BCUT2D eigenvalue weighted by Gasteiger charge is 2.40. The van der Waals surface area contributed by atoms with Crippen molar-refractivity contribution in [3.63, 3.8) is 0 Å². The molecule has 132 valence electrons. The van der Waals surface area contributed by atoms with Gasteiger partial charge in [-0.05, 0) is 30.4 Å². The first-order valence-electron chi connectivity index (χ1n) is 9.35. The van der Waals surface area contributed by atoms with Crippen LogP contribution in [-0.2, 0) is 22.6 Å². The summed E-state index contributed by atoms with van der Waals surface area (Å²) in [7, 11) is 0. The van der Waals surface area contributed by atoms with E-state index in [9.17, 15) is 9.59 Å². The minimum Gasteiger partial charge on any atom is -0.352 e. The average Bonchev–Trinajstić information content (AvgIpc) is 3.22. The number of nitrogens with one attached hydrogen (secondary N) is 1. The second-order valence-electron chi connectivity index (χ2n) is 7.73. The van der Waals surface area contributed by atoms with Crippen LogP contribution in [0.4, 0.5) is 0 Å². The maximum absolute atomic E-state index is 13.1. The van der Waals surface area contributed by atoms with Gasteiger partial charge in [0.2, 0.25) is 5.91 Å². The minimum absolute atomic E-state index is 0.00780. The molecule has 0 unspecified atom stereocenters. The summed E-state index contributed by atoms with van der Waals surface area (Å²) in [6.07, 6.45) is 8.93. The van der Waals surface area contributed by atoms with Gasteiger partial charge < -0.3 is 10.2 Å². The fraction of sp³-hybridized carbons (Fsp3) is 0.550. The third-order valence-corrected chi connectivity index (χ3v) is 5.65. The Morgan fingerprint density at radius 2 is 2.08 bits per heavy atom. The number of carbonyl (C=O) groups is 2. The highest BCUT2D eigenvalue weighted by molar-refractivity contribution is 6.23. The van der Waals surface area contributed by atoms with Crippen molar-refractivity contribution in [1.29, 1.82) is 0 Å². The van der Waals surface area contributed by atoms with Gasteiger partial charge in [0, 0.05) is 36.3 Å². The van der Waals surface area contributed by atoms with E-state index in [-0.39, 0.29) is 23.8 Å². The van der Waals surface area contributed by atoms with Crippen LogP contribution in [0.15, 0.2) is 18.3 Å². The first-order valence-corrected chi connectivity index (χ1v) is 9.35. The third-order valence-electron chi connectivity index (χ3n) is 5.65. The van der Waals surface area contributed by atoms with Crippen molar-refractivity contribution in [1.82, 2.24) is 15.2 Å². The monoisotopic (exact) mass is 339 g/mol. The molecule has 1 aromatic heterocycles. The predicted molar refractivity (Wildman–Crippen MR) is 95.5 cm³/mol. The van der Waals surface area contributed by atoms with Crippen LogP contribution in [0.5, 0.6) is 0 Å². The number of hydrogen-bond donors (Lipinski definition) is 1. The van der Waals surface area contributed by atoms with Gasteiger partial charge in [0.1, 0.15) is 6.04 Å². The molecule has 0 spiro atoms. The van der Waals surface area contributed by atoms with E-state index in [1.807, 2.05) is 32.2 Å². The van der Waals surface area contributed by atoms with Gasteiger partial charge in [0.15, 0.2) is 0 Å². The van der Waals surface area contributed by atoms with Gasteiger partial charge in [0.25, 0.3) is 5.91 Å². The van der Waals surface area contributed by atoms with Gasteiger partial charge in [-0.2, -0.15) is 0 Å². The molecule has 2 heterocycles. The van der Waals surface area contributed by atoms with Crippen molar-refractivity contribution in [2.24, 2.45) is 5.92 Å². The standard InChI is InChI=1S/C20H25N3O2/c1-12(2)18(19(24)22-14-5-3-4-6-14)23-11-13-9-10-21-16-8-7-15(17(13)16)20(23)25/h7,9-10,12,14,18H,3-6,8,11H2,1-2H3,(H,22,24)/t18-/m1/s1. The lowest BCUT2D eigenvalue weighted by Gasteiger charge is -2.37. The van der Waals surface area contributed by atoms with Gasteiger partial charge in [-0.15, -0.1) is 0 Å². The highest BCUT2D eigenvalue weighted by atomic mass is 16.2. The van der Waals surface area contributed by atoms with Crippen molar-refractivity contribution in [2.75, 3.05) is 0 Å². The summed E-state index contributed by atoms with van der Waals surface area (Å²) < 4.78 is 0. The lowest BCUT2D eigenvalue weighted by Crippen LogP contribution is -2.54. The molecule has 1 aromatic rings. The summed E-state index contributed by atoms with van der Waals surface area (Å²) in [4.78, 5) is 32.2. The van der Waals surface area contributed by atoms with Crippen LogP contribution in [-0.4, -0.2) is 33.8 Å². The van der Waals surface area contributed by atoms with E-state index in [1.165, 1.54) is 12.8 Å². The van der Waals surface area contributed by atoms with Crippen LogP contribution in [0, 0.1) is 5.92 Å². The molecule has 4 rings (SSSR count). The number of amides is 2. The van der Waals surface area contributed by atoms with Gasteiger partial charge in [0.05, 0.1) is 5.69 Å². The highest BCUT2D eigenvalue weighted by Crippen LogP contribution is 2.37. The summed E-state index contributed by atoms with van der Waals surface area (Å²) in [5.41, 5.74) is 3.82. The molecule has 5 heteroatoms. The largest absolute Gasteiger partial charge is 0.352 e. The number of aromatic nitrogens is 1. The van der Waals surface area contributed by atoms with E-state index in [0.29, 0.717) is 13.0 Å². The first kappa shape index (κ1) is 16.3. The van der Waals surface area contributed by atoms with Gasteiger partial charge >= 0.3 is 0 Å². The summed E-state index contributed by atoms with van der Waals surface area (Å²) in [5.74, 6) is 0.0290. The Hall–Kier alpha value is -2.17. The Morgan fingerprint density at radius 1 is 1.32 bits per heavy atom. The van der Waals surface area contributed by atoms with E-state index in [4.69, 9.17) is 0 Å². The van der Waals surface area contributed by atoms with Crippen molar-refractivity contribution in [3.05, 3.63) is 35.2 Å². The zero-order valence-corrected chi connectivity index (χ0v) is 14.9. The normalized spacial score (nSPS) is 20.7. The van der Waals surface area contributed by atoms with Crippen molar-refractivity contribution in [2.45, 2.75) is 64.6 Å². The van der Waals surface area contributed by atoms with Crippen LogP contribution in [0.2, 0.25) is 0 Å². The van der Waals surface area contributed by atoms with Crippen LogP contribution >= 0.6 is 0 Å². The van der Waals surface area contributed by atoms with Gasteiger partial charge in [-0.25, -0.2) is 0 Å². The second-order valence-corrected chi connectivity index (χ2v) is 7.73. The molecule has 0 aromatic carbocycles. The Kier molecular flexibility index (Phi) is 4.10. The Balaban J connectivity index is 1.62. The molecule has 1 N–H and O–H groups in total. The van der Waals surface area contributed by atoms with Gasteiger partial charge in [-0.3, -0.25) is 14.6 Å². The number of hydrogen-bond acceptors (Lipinski definition) is 3. The van der Waals surface area contributed by atoms with Crippen molar-refractivity contribution in [3.8, 4) is 0 Å². The summed E-state index contributed by atoms with van der Waals surface area (Å²) in [6, 6.07) is 1.81. The predicted octanol–water partition coefficient (Wildman–Crippen LogP) is 2.45. The maximum Gasteiger partial charge on any atom is 0.255 e. The van der Waals surface area contributed by atoms with Crippen LogP contribution in [0.3, 0.4) is 0 Å². The van der Waals surface area contributed by atoms with Crippen LogP contribution < -0.4 is 5.32 Å². The van der Waals surface area contributed by atoms with E-state index in [1.54, 1.807) is 4.90 Å². The summed E-state index contributed by atoms with van der Waals surface area (Å²) in [6.45, 7) is 4.52. The number of pyridine rings is 1. The zero-order chi connectivity index (χ0) is 17.6. The fourth-order valence-electron chi connectivity index (χ4n) is 4.46. The molecule has 2 amide bonds. The van der Waals surface area contributed by atoms with E-state index in [2.05, 4.69) is 10.3 Å². The zero-order valence-electron chi connectivity index (χ0n) is 14.9. The summed E-state index contributed by atoms with van der Waals surface area (Å²) >= 11 is 0. The topological polar surface area (TPSA) is 62.3 Å². The van der Waals surface area contributed by atoms with Crippen LogP contribution in [0.25, 0.3) is 5.57 Å². The SMILES string of the molecule is CC(C)[C@H](C(=O)NC1CCCC1)N1Cc2ccnc3c2C(=CC3)C1=O. The Morgan fingerprint density at radius 3 is 2.80 bits per heavy atom. The molecule has 1 atom stereocenters. The smallest absolute Gasteiger partial charge is 0.255 e. The van der Waals surface area contributed by atoms with E-state index in [0.717, 1.165) is 35.2 Å². The number of allylic oxidation sites excluding steroid dienone is 1. The molecule has 2 aliphatic carbocycles. The van der Waals surface area contributed by atoms with Gasteiger partial charge in [-0.1, -0.05) is 32.8 Å². The van der Waals surface area contributed by atoms with Crippen molar-refractivity contribution >= 4 is 17.4 Å². The molecule has 25 heavy (non-hydrogen) atoms. The first-order chi connectivity index (χ1) is 12.1. The number of carbonyl (C=O) groups excluding carboxylic acids is 2. The molecule has 1 aliphatic heterocycles. The molecular formula is C20H25N3O2. The average molecular weight is 339 g/mol. The second kappa shape index (κ2) is 6.28. The molecule has 0 bridgehead atoms. The lowest BCUT2D eigenvalue weighted by molar-refractivity contribution is -0.139. The number of rotatable bonds is 4. The molecule has 0 radical (unpaired) electrons. The minimum atomic E-state index is -0.431. The van der Waals surface area contributed by atoms with E-state index < -0.39 is 6.04 Å². The summed E-state index contributed by atoms with van der Waals surface area (Å²) in [5, 5.41) is 3.18. The van der Waals surface area contributed by atoms with Crippen LogP contribution in [0.1, 0.15) is 56.4 Å². The molecular weight excluding hydrogens is 314 g/mol. The molecule has 5 nitrogen and oxygen atoms in total. The quantitative estimate of drug-likeness (QED) is 0.916. The lowest BCUT2D eigenvalue weighted by atomic mass is 9.92. The maximum atomic E-state index is 13.1. The molecule has 1 fully saturated rings. The molecule has 1 saturated carbocycles. The molecule has 0 saturated heterocycles. The van der Waals surface area contributed by atoms with E-state index >= 15 is 0 Å². The molecule has 3 aliphatic rings.